The molecule has 0 aliphatic rings. The molecular formula is C12H15NOS. The van der Waals surface area contributed by atoms with Crippen molar-refractivity contribution >= 4 is 11.3 Å². The van der Waals surface area contributed by atoms with E-state index in [0.29, 0.717) is 6.04 Å². The molecule has 2 nitrogen and oxygen atoms in total. The lowest BCUT2D eigenvalue weighted by Crippen LogP contribution is -2.20. The fourth-order valence-electron chi connectivity index (χ4n) is 1.51. The zero-order chi connectivity index (χ0) is 10.5. The molecule has 2 aromatic heterocycles. The van der Waals surface area contributed by atoms with Crippen molar-refractivity contribution in [2.24, 2.45) is 0 Å². The van der Waals surface area contributed by atoms with Gasteiger partial charge in [-0.3, -0.25) is 0 Å². The zero-order valence-corrected chi connectivity index (χ0v) is 9.59. The number of rotatable bonds is 5. The molecule has 3 heteroatoms. The molecule has 0 unspecified atom stereocenters. The standard InChI is InChI=1S/C12H15NOS/c1-10(12-3-2-7-14-12)13-6-4-11-5-8-15-9-11/h2-3,5,7-10,13H,4,6H2,1H3/t10-/m0/s1. The molecule has 1 N–H and O–H groups in total. The molecule has 0 bridgehead atoms. The van der Waals surface area contributed by atoms with Crippen molar-refractivity contribution in [3.05, 3.63) is 46.5 Å². The van der Waals surface area contributed by atoms with E-state index < -0.39 is 0 Å². The highest BCUT2D eigenvalue weighted by Crippen LogP contribution is 2.12. The monoisotopic (exact) mass is 221 g/mol. The molecule has 0 aliphatic heterocycles. The van der Waals surface area contributed by atoms with Crippen LogP contribution in [0.25, 0.3) is 0 Å². The number of furan rings is 1. The van der Waals surface area contributed by atoms with E-state index in [1.807, 2.05) is 12.1 Å². The van der Waals surface area contributed by atoms with Crippen LogP contribution in [0.3, 0.4) is 0 Å². The summed E-state index contributed by atoms with van der Waals surface area (Å²) in [5.74, 6) is 1.00. The topological polar surface area (TPSA) is 25.2 Å². The Labute approximate surface area is 93.9 Å². The van der Waals surface area contributed by atoms with Crippen LogP contribution in [0.5, 0.6) is 0 Å². The number of hydrogen-bond donors (Lipinski definition) is 1. The van der Waals surface area contributed by atoms with E-state index >= 15 is 0 Å². The summed E-state index contributed by atoms with van der Waals surface area (Å²) in [6.45, 7) is 3.10. The maximum atomic E-state index is 5.32. The van der Waals surface area contributed by atoms with Gasteiger partial charge in [0.15, 0.2) is 0 Å². The molecule has 2 heterocycles. The highest BCUT2D eigenvalue weighted by molar-refractivity contribution is 7.07. The lowest BCUT2D eigenvalue weighted by Gasteiger charge is -2.10. The highest BCUT2D eigenvalue weighted by Gasteiger charge is 2.06. The van der Waals surface area contributed by atoms with E-state index in [4.69, 9.17) is 4.42 Å². The van der Waals surface area contributed by atoms with E-state index in [1.54, 1.807) is 17.6 Å². The second-order valence-corrected chi connectivity index (χ2v) is 4.35. The SMILES string of the molecule is C[C@H](NCCc1ccsc1)c1ccco1. The van der Waals surface area contributed by atoms with Crippen LogP contribution in [0.15, 0.2) is 39.6 Å². The summed E-state index contributed by atoms with van der Waals surface area (Å²) < 4.78 is 5.32. The van der Waals surface area contributed by atoms with Gasteiger partial charge in [0, 0.05) is 0 Å². The minimum absolute atomic E-state index is 0.290. The second-order valence-electron chi connectivity index (χ2n) is 3.57. The van der Waals surface area contributed by atoms with E-state index in [1.165, 1.54) is 5.56 Å². The first-order valence-electron chi connectivity index (χ1n) is 5.14. The number of thiophene rings is 1. The summed E-state index contributed by atoms with van der Waals surface area (Å²) in [5.41, 5.74) is 1.40. The second kappa shape index (κ2) is 5.14. The Balaban J connectivity index is 1.74. The molecule has 0 aromatic carbocycles. The maximum Gasteiger partial charge on any atom is 0.120 e. The molecule has 0 amide bonds. The largest absolute Gasteiger partial charge is 0.468 e. The maximum absolute atomic E-state index is 5.32. The van der Waals surface area contributed by atoms with Crippen LogP contribution in [-0.2, 0) is 6.42 Å². The molecule has 0 radical (unpaired) electrons. The van der Waals surface area contributed by atoms with Gasteiger partial charge in [0.25, 0.3) is 0 Å². The first-order valence-corrected chi connectivity index (χ1v) is 6.08. The van der Waals surface area contributed by atoms with Gasteiger partial charge in [0.05, 0.1) is 12.3 Å². The molecule has 0 saturated heterocycles. The normalized spacial score (nSPS) is 12.9. The van der Waals surface area contributed by atoms with E-state index in [-0.39, 0.29) is 0 Å². The van der Waals surface area contributed by atoms with Crippen molar-refractivity contribution in [1.29, 1.82) is 0 Å². The average Bonchev–Trinajstić information content (AvgIpc) is 2.90. The molecule has 0 aliphatic carbocycles. The van der Waals surface area contributed by atoms with E-state index in [0.717, 1.165) is 18.7 Å². The summed E-state index contributed by atoms with van der Waals surface area (Å²) in [5, 5.41) is 7.74. The van der Waals surface area contributed by atoms with Gasteiger partial charge in [-0.05, 0) is 54.4 Å². The minimum atomic E-state index is 0.290. The predicted molar refractivity (Wildman–Crippen MR) is 63.1 cm³/mol. The summed E-state index contributed by atoms with van der Waals surface area (Å²) in [6, 6.07) is 6.39. The van der Waals surface area contributed by atoms with Gasteiger partial charge in [-0.1, -0.05) is 0 Å². The van der Waals surface area contributed by atoms with Gasteiger partial charge in [0.1, 0.15) is 5.76 Å². The smallest absolute Gasteiger partial charge is 0.120 e. The lowest BCUT2D eigenvalue weighted by atomic mass is 10.2. The highest BCUT2D eigenvalue weighted by atomic mass is 32.1. The van der Waals surface area contributed by atoms with Crippen LogP contribution in [0.1, 0.15) is 24.3 Å². The average molecular weight is 221 g/mol. The summed E-state index contributed by atoms with van der Waals surface area (Å²) in [7, 11) is 0. The van der Waals surface area contributed by atoms with Crippen molar-refractivity contribution in [3.8, 4) is 0 Å². The van der Waals surface area contributed by atoms with Crippen molar-refractivity contribution < 1.29 is 4.42 Å². The Morgan fingerprint density at radius 2 is 2.40 bits per heavy atom. The molecular weight excluding hydrogens is 206 g/mol. The van der Waals surface area contributed by atoms with Crippen LogP contribution in [0.4, 0.5) is 0 Å². The number of hydrogen-bond acceptors (Lipinski definition) is 3. The third-order valence-corrected chi connectivity index (χ3v) is 3.15. The molecule has 0 fully saturated rings. The van der Waals surface area contributed by atoms with Crippen molar-refractivity contribution in [3.63, 3.8) is 0 Å². The van der Waals surface area contributed by atoms with Crippen molar-refractivity contribution in [2.75, 3.05) is 6.54 Å². The third-order valence-electron chi connectivity index (χ3n) is 2.41. The van der Waals surface area contributed by atoms with Gasteiger partial charge in [0.2, 0.25) is 0 Å². The van der Waals surface area contributed by atoms with E-state index in [9.17, 15) is 0 Å². The van der Waals surface area contributed by atoms with Gasteiger partial charge < -0.3 is 9.73 Å². The Kier molecular flexibility index (Phi) is 3.59. The fourth-order valence-corrected chi connectivity index (χ4v) is 2.21. The Morgan fingerprint density at radius 1 is 1.47 bits per heavy atom. The summed E-state index contributed by atoms with van der Waals surface area (Å²) in [4.78, 5) is 0. The summed E-state index contributed by atoms with van der Waals surface area (Å²) in [6.07, 6.45) is 2.79. The first-order chi connectivity index (χ1) is 7.36. The van der Waals surface area contributed by atoms with Gasteiger partial charge >= 0.3 is 0 Å². The van der Waals surface area contributed by atoms with Crippen LogP contribution < -0.4 is 5.32 Å². The number of nitrogens with one attached hydrogen (secondary N) is 1. The van der Waals surface area contributed by atoms with E-state index in [2.05, 4.69) is 29.1 Å². The Bertz CT molecular complexity index is 366. The fraction of sp³-hybridized carbons (Fsp3) is 0.333. The molecule has 15 heavy (non-hydrogen) atoms. The van der Waals surface area contributed by atoms with Crippen LogP contribution in [0.2, 0.25) is 0 Å². The van der Waals surface area contributed by atoms with Gasteiger partial charge in [-0.25, -0.2) is 0 Å². The minimum Gasteiger partial charge on any atom is -0.468 e. The molecule has 0 spiro atoms. The molecule has 2 rings (SSSR count). The Morgan fingerprint density at radius 3 is 3.07 bits per heavy atom. The third kappa shape index (κ3) is 2.94. The van der Waals surface area contributed by atoms with Crippen molar-refractivity contribution in [1.82, 2.24) is 5.32 Å². The molecule has 0 saturated carbocycles. The van der Waals surface area contributed by atoms with Crippen LogP contribution in [-0.4, -0.2) is 6.54 Å². The molecule has 2 aromatic rings. The van der Waals surface area contributed by atoms with Gasteiger partial charge in [-0.2, -0.15) is 11.3 Å². The lowest BCUT2D eigenvalue weighted by molar-refractivity contribution is 0.433. The zero-order valence-electron chi connectivity index (χ0n) is 8.77. The first kappa shape index (κ1) is 10.5. The quantitative estimate of drug-likeness (QED) is 0.838. The van der Waals surface area contributed by atoms with Crippen LogP contribution in [0, 0.1) is 0 Å². The molecule has 80 valence electrons. The predicted octanol–water partition coefficient (Wildman–Crippen LogP) is 3.23. The summed E-state index contributed by atoms with van der Waals surface area (Å²) >= 11 is 1.75. The van der Waals surface area contributed by atoms with Crippen molar-refractivity contribution in [2.45, 2.75) is 19.4 Å². The Hall–Kier alpha value is -1.06. The van der Waals surface area contributed by atoms with Crippen LogP contribution >= 0.6 is 11.3 Å². The van der Waals surface area contributed by atoms with Gasteiger partial charge in [-0.15, -0.1) is 0 Å². The molecule has 1 atom stereocenters.